The minimum atomic E-state index is -4.46. The van der Waals surface area contributed by atoms with Gasteiger partial charge in [0.05, 0.1) is 25.4 Å². The zero-order chi connectivity index (χ0) is 43.5. The molecule has 0 radical (unpaired) electrons. The first kappa shape index (κ1) is 55.9. The molecule has 0 fully saturated rings. The highest BCUT2D eigenvalue weighted by molar-refractivity contribution is 7.47. The van der Waals surface area contributed by atoms with Crippen LogP contribution in [0.1, 0.15) is 142 Å². The Morgan fingerprint density at radius 2 is 1.14 bits per heavy atom. The third-order valence-electron chi connectivity index (χ3n) is 8.63. The van der Waals surface area contributed by atoms with E-state index in [0.717, 1.165) is 51.4 Å². The largest absolute Gasteiger partial charge is 0.472 e. The molecular formula is C47H78NO10P. The predicted molar refractivity (Wildman–Crippen MR) is 240 cm³/mol. The normalized spacial score (nSPS) is 15.3. The van der Waals surface area contributed by atoms with Crippen LogP contribution < -0.4 is 5.73 Å². The molecule has 0 aromatic rings. The van der Waals surface area contributed by atoms with Gasteiger partial charge in [-0.05, 0) is 83.5 Å². The first-order chi connectivity index (χ1) is 28.6. The summed E-state index contributed by atoms with van der Waals surface area (Å²) in [4.78, 5) is 34.9. The van der Waals surface area contributed by atoms with Crippen molar-refractivity contribution in [1.29, 1.82) is 0 Å². The number of carbonyl (C=O) groups excluding carboxylic acids is 2. The number of rotatable bonds is 39. The molecule has 0 aliphatic rings. The van der Waals surface area contributed by atoms with E-state index < -0.39 is 44.7 Å². The van der Waals surface area contributed by atoms with Crippen molar-refractivity contribution in [2.24, 2.45) is 5.73 Å². The number of hydrogen-bond donors (Lipinski definition) is 4. The second kappa shape index (κ2) is 41.6. The van der Waals surface area contributed by atoms with Crippen LogP contribution in [0.3, 0.4) is 0 Å². The van der Waals surface area contributed by atoms with Crippen molar-refractivity contribution in [2.45, 2.75) is 161 Å². The molecule has 0 saturated heterocycles. The zero-order valence-electron chi connectivity index (χ0n) is 36.2. The van der Waals surface area contributed by atoms with Gasteiger partial charge in [-0.1, -0.05) is 143 Å². The number of hydrogen-bond acceptors (Lipinski definition) is 10. The number of allylic oxidation sites excluding steroid dienone is 13. The van der Waals surface area contributed by atoms with E-state index in [1.54, 1.807) is 36.5 Å². The van der Waals surface area contributed by atoms with Crippen molar-refractivity contribution in [3.63, 3.8) is 0 Å². The molecule has 0 rings (SSSR count). The van der Waals surface area contributed by atoms with E-state index in [1.807, 2.05) is 6.08 Å². The number of aliphatic hydroxyl groups is 2. The highest BCUT2D eigenvalue weighted by Crippen LogP contribution is 2.43. The third-order valence-corrected chi connectivity index (χ3v) is 9.62. The van der Waals surface area contributed by atoms with Crippen molar-refractivity contribution in [3.05, 3.63) is 97.2 Å². The lowest BCUT2D eigenvalue weighted by atomic mass is 10.1. The second-order valence-corrected chi connectivity index (χ2v) is 15.7. The minimum Gasteiger partial charge on any atom is -0.462 e. The van der Waals surface area contributed by atoms with Gasteiger partial charge in [-0.25, -0.2) is 4.57 Å². The Morgan fingerprint density at radius 1 is 0.610 bits per heavy atom. The number of nitrogens with two attached hydrogens (primary N) is 1. The maximum absolute atomic E-state index is 12.6. The summed E-state index contributed by atoms with van der Waals surface area (Å²) in [6, 6.07) is 0. The topological polar surface area (TPSA) is 175 Å². The van der Waals surface area contributed by atoms with E-state index in [4.69, 9.17) is 24.3 Å². The lowest BCUT2D eigenvalue weighted by molar-refractivity contribution is -0.161. The van der Waals surface area contributed by atoms with Gasteiger partial charge < -0.3 is 30.3 Å². The van der Waals surface area contributed by atoms with E-state index in [2.05, 4.69) is 68.5 Å². The lowest BCUT2D eigenvalue weighted by Gasteiger charge is -2.20. The van der Waals surface area contributed by atoms with Crippen LogP contribution in [0.5, 0.6) is 0 Å². The van der Waals surface area contributed by atoms with Gasteiger partial charge in [0.2, 0.25) is 0 Å². The SMILES string of the molecule is CCCCC/C=C\C/C=C\C/C=C\C/C=C\CCCCCC(=O)OC[C@H](COP(=O)(O)OCCN)OC(=O)CCC[C@@H](O)\C=C/C=C/C=C/[C@@H](O)C/C=C\CCCCC. The highest BCUT2D eigenvalue weighted by atomic mass is 31.2. The van der Waals surface area contributed by atoms with Crippen LogP contribution in [0.25, 0.3) is 0 Å². The van der Waals surface area contributed by atoms with Crippen molar-refractivity contribution in [2.75, 3.05) is 26.4 Å². The van der Waals surface area contributed by atoms with Crippen molar-refractivity contribution < 1.29 is 47.8 Å². The molecule has 0 aliphatic carbocycles. The maximum atomic E-state index is 12.6. The summed E-state index contributed by atoms with van der Waals surface area (Å²) in [5, 5.41) is 20.3. The Kier molecular flexibility index (Phi) is 39.4. The second-order valence-electron chi connectivity index (χ2n) is 14.3. The predicted octanol–water partition coefficient (Wildman–Crippen LogP) is 10.5. The van der Waals surface area contributed by atoms with Gasteiger partial charge in [-0.15, -0.1) is 0 Å². The molecule has 336 valence electrons. The standard InChI is InChI=1S/C47H78NO10P/c1-3-5-7-9-11-12-13-14-15-16-17-18-19-20-21-22-23-25-31-37-46(51)55-41-45(42-57-59(53,54)56-40-39-48)58-47(52)38-32-36-44(50)35-30-27-26-29-34-43(49)33-28-24-10-8-6-4-2/h11-12,14-15,17-18,20-21,24,26-30,34-35,43-45,49-50H,3-10,13,16,19,22-23,25,31-33,36-42,48H2,1-2H3,(H,53,54)/b12-11-,15-14-,18-17-,21-20-,27-26+,28-24-,34-29+,35-30-/t43-,44-,45+/m0/s1. The van der Waals surface area contributed by atoms with Crippen LogP contribution in [-0.4, -0.2) is 71.7 Å². The van der Waals surface area contributed by atoms with Gasteiger partial charge in [0, 0.05) is 19.4 Å². The fourth-order valence-electron chi connectivity index (χ4n) is 5.28. The number of aliphatic hydroxyl groups excluding tert-OH is 2. The Hall–Kier alpha value is -3.15. The molecule has 0 heterocycles. The number of esters is 2. The molecule has 12 heteroatoms. The molecule has 4 atom stereocenters. The van der Waals surface area contributed by atoms with Gasteiger partial charge in [-0.3, -0.25) is 18.6 Å². The van der Waals surface area contributed by atoms with Crippen LogP contribution in [0.2, 0.25) is 0 Å². The molecule has 0 spiro atoms. The summed E-state index contributed by atoms with van der Waals surface area (Å²) in [5.74, 6) is -1.12. The molecule has 0 bridgehead atoms. The van der Waals surface area contributed by atoms with Gasteiger partial charge in [-0.2, -0.15) is 0 Å². The summed E-state index contributed by atoms with van der Waals surface area (Å²) in [7, 11) is -4.46. The summed E-state index contributed by atoms with van der Waals surface area (Å²) >= 11 is 0. The number of phosphoric acid groups is 1. The molecule has 0 amide bonds. The van der Waals surface area contributed by atoms with Gasteiger partial charge in [0.15, 0.2) is 6.10 Å². The summed E-state index contributed by atoms with van der Waals surface area (Å²) in [5.41, 5.74) is 5.33. The van der Waals surface area contributed by atoms with Crippen LogP contribution >= 0.6 is 7.82 Å². The molecular weight excluding hydrogens is 769 g/mol. The fourth-order valence-corrected chi connectivity index (χ4v) is 6.05. The quantitative estimate of drug-likeness (QED) is 0.0152. The minimum absolute atomic E-state index is 0.00334. The van der Waals surface area contributed by atoms with Crippen molar-refractivity contribution >= 4 is 19.8 Å². The van der Waals surface area contributed by atoms with E-state index in [-0.39, 0.29) is 39.0 Å². The van der Waals surface area contributed by atoms with Crippen LogP contribution in [-0.2, 0) is 32.7 Å². The number of unbranched alkanes of at least 4 members (excludes halogenated alkanes) is 9. The number of ether oxygens (including phenoxy) is 2. The van der Waals surface area contributed by atoms with Gasteiger partial charge in [0.25, 0.3) is 0 Å². The molecule has 0 saturated carbocycles. The molecule has 0 aromatic heterocycles. The maximum Gasteiger partial charge on any atom is 0.472 e. The Morgan fingerprint density at radius 3 is 1.71 bits per heavy atom. The number of carbonyl (C=O) groups is 2. The van der Waals surface area contributed by atoms with Gasteiger partial charge in [0.1, 0.15) is 6.61 Å². The van der Waals surface area contributed by atoms with Crippen LogP contribution in [0, 0.1) is 0 Å². The molecule has 59 heavy (non-hydrogen) atoms. The number of phosphoric ester groups is 1. The van der Waals surface area contributed by atoms with Crippen molar-refractivity contribution in [1.82, 2.24) is 0 Å². The Balaban J connectivity index is 4.49. The molecule has 5 N–H and O–H groups in total. The highest BCUT2D eigenvalue weighted by Gasteiger charge is 2.26. The lowest BCUT2D eigenvalue weighted by Crippen LogP contribution is -2.29. The Labute approximate surface area is 356 Å². The monoisotopic (exact) mass is 848 g/mol. The van der Waals surface area contributed by atoms with Crippen molar-refractivity contribution in [3.8, 4) is 0 Å². The van der Waals surface area contributed by atoms with E-state index in [1.165, 1.54) is 38.5 Å². The smallest absolute Gasteiger partial charge is 0.462 e. The van der Waals surface area contributed by atoms with Gasteiger partial charge >= 0.3 is 19.8 Å². The van der Waals surface area contributed by atoms with E-state index in [0.29, 0.717) is 19.3 Å². The third kappa shape index (κ3) is 41.4. The summed E-state index contributed by atoms with van der Waals surface area (Å²) in [6.45, 7) is 3.29. The first-order valence-corrected chi connectivity index (χ1v) is 23.4. The van der Waals surface area contributed by atoms with E-state index >= 15 is 0 Å². The summed E-state index contributed by atoms with van der Waals surface area (Å²) in [6.07, 6.45) is 46.4. The molecule has 0 aromatic carbocycles. The van der Waals surface area contributed by atoms with E-state index in [9.17, 15) is 29.3 Å². The van der Waals surface area contributed by atoms with Crippen LogP contribution in [0.4, 0.5) is 0 Å². The average Bonchev–Trinajstić information content (AvgIpc) is 3.21. The Bertz CT molecular complexity index is 1320. The molecule has 1 unspecified atom stereocenters. The first-order valence-electron chi connectivity index (χ1n) is 21.9. The van der Waals surface area contributed by atoms with Crippen LogP contribution in [0.15, 0.2) is 97.2 Å². The molecule has 11 nitrogen and oxygen atoms in total. The average molecular weight is 848 g/mol. The fraction of sp³-hybridized carbons (Fsp3) is 0.617. The molecule has 0 aliphatic heterocycles. The summed E-state index contributed by atoms with van der Waals surface area (Å²) < 4.78 is 32.6. The zero-order valence-corrected chi connectivity index (χ0v) is 37.1.